The molecule has 1 aliphatic heterocycles. The first-order chi connectivity index (χ1) is 8.60. The summed E-state index contributed by atoms with van der Waals surface area (Å²) < 4.78 is 13.5. The van der Waals surface area contributed by atoms with Crippen molar-refractivity contribution in [1.29, 1.82) is 0 Å². The van der Waals surface area contributed by atoms with Gasteiger partial charge in [0.2, 0.25) is 0 Å². The zero-order chi connectivity index (χ0) is 13.1. The molecule has 0 spiro atoms. The average molecular weight is 250 g/mol. The summed E-state index contributed by atoms with van der Waals surface area (Å²) >= 11 is 0. The Morgan fingerprint density at radius 3 is 2.72 bits per heavy atom. The maximum atomic E-state index is 13.5. The molecule has 18 heavy (non-hydrogen) atoms. The van der Waals surface area contributed by atoms with Gasteiger partial charge >= 0.3 is 0 Å². The minimum absolute atomic E-state index is 0.173. The third kappa shape index (κ3) is 3.09. The number of benzene rings is 1. The maximum Gasteiger partial charge on any atom is 0.123 e. The van der Waals surface area contributed by atoms with Gasteiger partial charge < -0.3 is 5.73 Å². The van der Waals surface area contributed by atoms with E-state index in [1.807, 2.05) is 6.07 Å². The van der Waals surface area contributed by atoms with E-state index in [0.29, 0.717) is 18.5 Å². The smallest absolute Gasteiger partial charge is 0.123 e. The molecule has 3 heteroatoms. The summed E-state index contributed by atoms with van der Waals surface area (Å²) in [7, 11) is 0. The maximum absolute atomic E-state index is 13.5. The van der Waals surface area contributed by atoms with Gasteiger partial charge in [0.05, 0.1) is 0 Å². The molecule has 2 N–H and O–H groups in total. The van der Waals surface area contributed by atoms with Crippen LogP contribution in [-0.4, -0.2) is 17.5 Å². The van der Waals surface area contributed by atoms with E-state index in [-0.39, 0.29) is 5.82 Å². The Labute approximate surface area is 109 Å². The van der Waals surface area contributed by atoms with Crippen molar-refractivity contribution in [2.24, 2.45) is 11.7 Å². The van der Waals surface area contributed by atoms with Crippen molar-refractivity contribution < 1.29 is 4.39 Å². The van der Waals surface area contributed by atoms with Crippen LogP contribution in [0.25, 0.3) is 0 Å². The van der Waals surface area contributed by atoms with E-state index < -0.39 is 0 Å². The van der Waals surface area contributed by atoms with Gasteiger partial charge in [0.25, 0.3) is 0 Å². The van der Waals surface area contributed by atoms with Crippen molar-refractivity contribution in [2.75, 3.05) is 6.54 Å². The van der Waals surface area contributed by atoms with E-state index in [2.05, 4.69) is 18.7 Å². The monoisotopic (exact) mass is 250 g/mol. The average Bonchev–Trinajstić information content (AvgIpc) is 2.76. The van der Waals surface area contributed by atoms with Gasteiger partial charge in [-0.15, -0.1) is 0 Å². The van der Waals surface area contributed by atoms with Crippen molar-refractivity contribution in [1.82, 2.24) is 4.90 Å². The van der Waals surface area contributed by atoms with Crippen LogP contribution in [0.15, 0.2) is 18.2 Å². The van der Waals surface area contributed by atoms with Gasteiger partial charge in [0, 0.05) is 19.1 Å². The molecule has 0 saturated carbocycles. The third-order valence-electron chi connectivity index (χ3n) is 3.82. The molecule has 1 saturated heterocycles. The van der Waals surface area contributed by atoms with Gasteiger partial charge in [-0.25, -0.2) is 4.39 Å². The summed E-state index contributed by atoms with van der Waals surface area (Å²) in [5.74, 6) is 0.489. The first kappa shape index (κ1) is 13.5. The van der Waals surface area contributed by atoms with E-state index in [0.717, 1.165) is 24.2 Å². The number of likely N-dealkylation sites (tertiary alicyclic amines) is 1. The minimum atomic E-state index is -0.173. The highest BCUT2D eigenvalue weighted by Gasteiger charge is 2.26. The Morgan fingerprint density at radius 2 is 2.06 bits per heavy atom. The van der Waals surface area contributed by atoms with Crippen molar-refractivity contribution in [3.05, 3.63) is 35.1 Å². The molecule has 2 nitrogen and oxygen atoms in total. The second-order valence-corrected chi connectivity index (χ2v) is 5.60. The van der Waals surface area contributed by atoms with Crippen LogP contribution in [0.5, 0.6) is 0 Å². The second kappa shape index (κ2) is 5.81. The molecular formula is C15H23FN2. The van der Waals surface area contributed by atoms with Crippen molar-refractivity contribution in [3.63, 3.8) is 0 Å². The van der Waals surface area contributed by atoms with Gasteiger partial charge in [0.15, 0.2) is 0 Å². The summed E-state index contributed by atoms with van der Waals surface area (Å²) in [5, 5.41) is 0. The van der Waals surface area contributed by atoms with Crippen molar-refractivity contribution >= 4 is 0 Å². The van der Waals surface area contributed by atoms with Gasteiger partial charge in [-0.3, -0.25) is 4.90 Å². The SMILES string of the molecule is CC(C)C1CCCN1Cc1cc(F)cc(CN)c1. The molecule has 1 unspecified atom stereocenters. The summed E-state index contributed by atoms with van der Waals surface area (Å²) in [6.45, 7) is 6.89. The van der Waals surface area contributed by atoms with Crippen molar-refractivity contribution in [3.8, 4) is 0 Å². The summed E-state index contributed by atoms with van der Waals surface area (Å²) in [4.78, 5) is 2.47. The largest absolute Gasteiger partial charge is 0.326 e. The van der Waals surface area contributed by atoms with Crippen LogP contribution in [0.3, 0.4) is 0 Å². The lowest BCUT2D eigenvalue weighted by atomic mass is 10.0. The zero-order valence-electron chi connectivity index (χ0n) is 11.3. The van der Waals surface area contributed by atoms with Crippen LogP contribution < -0.4 is 5.73 Å². The topological polar surface area (TPSA) is 29.3 Å². The van der Waals surface area contributed by atoms with E-state index in [4.69, 9.17) is 5.73 Å². The lowest BCUT2D eigenvalue weighted by molar-refractivity contribution is 0.198. The normalized spacial score (nSPS) is 20.8. The third-order valence-corrected chi connectivity index (χ3v) is 3.82. The van der Waals surface area contributed by atoms with E-state index in [1.165, 1.54) is 18.9 Å². The predicted octanol–water partition coefficient (Wildman–Crippen LogP) is 2.90. The number of rotatable bonds is 4. The minimum Gasteiger partial charge on any atom is -0.326 e. The molecule has 100 valence electrons. The molecule has 1 fully saturated rings. The van der Waals surface area contributed by atoms with Crippen LogP contribution in [-0.2, 0) is 13.1 Å². The Hall–Kier alpha value is -0.930. The quantitative estimate of drug-likeness (QED) is 0.890. The molecule has 0 bridgehead atoms. The van der Waals surface area contributed by atoms with Crippen LogP contribution in [0.1, 0.15) is 37.8 Å². The van der Waals surface area contributed by atoms with Gasteiger partial charge in [-0.1, -0.05) is 19.9 Å². The van der Waals surface area contributed by atoms with E-state index in [1.54, 1.807) is 6.07 Å². The van der Waals surface area contributed by atoms with Gasteiger partial charge in [-0.2, -0.15) is 0 Å². The predicted molar refractivity (Wildman–Crippen MR) is 72.6 cm³/mol. The molecule has 1 heterocycles. The molecule has 1 aromatic carbocycles. The fourth-order valence-electron chi connectivity index (χ4n) is 2.96. The van der Waals surface area contributed by atoms with Crippen LogP contribution >= 0.6 is 0 Å². The molecular weight excluding hydrogens is 227 g/mol. The number of hydrogen-bond acceptors (Lipinski definition) is 2. The molecule has 0 aliphatic carbocycles. The zero-order valence-corrected chi connectivity index (χ0v) is 11.3. The Balaban J connectivity index is 2.11. The first-order valence-corrected chi connectivity index (χ1v) is 6.82. The molecule has 0 amide bonds. The highest BCUT2D eigenvalue weighted by Crippen LogP contribution is 2.25. The summed E-state index contributed by atoms with van der Waals surface area (Å²) in [6, 6.07) is 5.82. The summed E-state index contributed by atoms with van der Waals surface area (Å²) in [6.07, 6.45) is 2.51. The molecule has 0 aromatic heterocycles. The molecule has 1 aromatic rings. The lowest BCUT2D eigenvalue weighted by Crippen LogP contribution is -2.32. The van der Waals surface area contributed by atoms with Gasteiger partial charge in [-0.05, 0) is 48.6 Å². The van der Waals surface area contributed by atoms with Crippen LogP contribution in [0.4, 0.5) is 4.39 Å². The number of hydrogen-bond donors (Lipinski definition) is 1. The standard InChI is InChI=1S/C15H23FN2/c1-11(2)15-4-3-5-18(15)10-13-6-12(9-17)7-14(16)8-13/h6-8,11,15H,3-5,9-10,17H2,1-2H3. The number of nitrogens with two attached hydrogens (primary N) is 1. The molecule has 1 atom stereocenters. The van der Waals surface area contributed by atoms with E-state index >= 15 is 0 Å². The lowest BCUT2D eigenvalue weighted by Gasteiger charge is -2.27. The Kier molecular flexibility index (Phi) is 4.36. The fourth-order valence-corrected chi connectivity index (χ4v) is 2.96. The highest BCUT2D eigenvalue weighted by atomic mass is 19.1. The Morgan fingerprint density at radius 1 is 1.33 bits per heavy atom. The van der Waals surface area contributed by atoms with E-state index in [9.17, 15) is 4.39 Å². The molecule has 0 radical (unpaired) electrons. The number of nitrogens with zero attached hydrogens (tertiary/aromatic N) is 1. The highest BCUT2D eigenvalue weighted by molar-refractivity contribution is 5.24. The van der Waals surface area contributed by atoms with Crippen molar-refractivity contribution in [2.45, 2.75) is 45.8 Å². The second-order valence-electron chi connectivity index (χ2n) is 5.60. The fraction of sp³-hybridized carbons (Fsp3) is 0.600. The number of halogens is 1. The van der Waals surface area contributed by atoms with Crippen LogP contribution in [0.2, 0.25) is 0 Å². The van der Waals surface area contributed by atoms with Gasteiger partial charge in [0.1, 0.15) is 5.82 Å². The molecule has 2 rings (SSSR count). The summed E-state index contributed by atoms with van der Waals surface area (Å²) in [5.41, 5.74) is 7.52. The Bertz CT molecular complexity index is 403. The molecule has 1 aliphatic rings. The first-order valence-electron chi connectivity index (χ1n) is 6.82. The van der Waals surface area contributed by atoms with Crippen LogP contribution in [0, 0.1) is 11.7 Å².